The summed E-state index contributed by atoms with van der Waals surface area (Å²) in [6.45, 7) is 2.38. The smallest absolute Gasteiger partial charge is 0.257 e. The van der Waals surface area contributed by atoms with Gasteiger partial charge in [-0.2, -0.15) is 0 Å². The van der Waals surface area contributed by atoms with Gasteiger partial charge in [-0.3, -0.25) is 4.79 Å². The highest BCUT2D eigenvalue weighted by Crippen LogP contribution is 2.19. The molecule has 1 amide bonds. The first-order valence-electron chi connectivity index (χ1n) is 5.65. The average molecular weight is 308 g/mol. The van der Waals surface area contributed by atoms with E-state index in [-0.39, 0.29) is 13.2 Å². The standard InChI is InChI=1S/C11H14F2N2O4S/c1-2-19-6-5-15-11(16)9-7(12)3-4-8(10(9)13)20(14,17)18/h3-4H,2,5-6H2,1H3,(H,15,16)(H2,14,17,18). The fraction of sp³-hybridized carbons (Fsp3) is 0.364. The van der Waals surface area contributed by atoms with Crippen molar-refractivity contribution in [3.05, 3.63) is 29.3 Å². The molecule has 0 saturated heterocycles. The van der Waals surface area contributed by atoms with Gasteiger partial charge in [-0.25, -0.2) is 22.3 Å². The van der Waals surface area contributed by atoms with E-state index in [9.17, 15) is 22.0 Å². The van der Waals surface area contributed by atoms with Crippen molar-refractivity contribution in [2.45, 2.75) is 11.8 Å². The highest BCUT2D eigenvalue weighted by molar-refractivity contribution is 7.89. The lowest BCUT2D eigenvalue weighted by atomic mass is 10.2. The monoisotopic (exact) mass is 308 g/mol. The molecule has 0 atom stereocenters. The Morgan fingerprint density at radius 2 is 2.05 bits per heavy atom. The van der Waals surface area contributed by atoms with E-state index >= 15 is 0 Å². The molecule has 112 valence electrons. The lowest BCUT2D eigenvalue weighted by Gasteiger charge is -2.09. The third-order valence-electron chi connectivity index (χ3n) is 2.33. The Morgan fingerprint density at radius 3 is 2.60 bits per heavy atom. The number of hydrogen-bond acceptors (Lipinski definition) is 4. The maximum atomic E-state index is 13.9. The quantitative estimate of drug-likeness (QED) is 0.742. The fourth-order valence-corrected chi connectivity index (χ4v) is 2.04. The van der Waals surface area contributed by atoms with E-state index < -0.39 is 38.0 Å². The second kappa shape index (κ2) is 6.73. The summed E-state index contributed by atoms with van der Waals surface area (Å²) in [6, 6.07) is 1.33. The molecule has 0 radical (unpaired) electrons. The maximum Gasteiger partial charge on any atom is 0.257 e. The lowest BCUT2D eigenvalue weighted by Crippen LogP contribution is -2.29. The van der Waals surface area contributed by atoms with Gasteiger partial charge in [0, 0.05) is 13.2 Å². The molecule has 0 spiro atoms. The summed E-state index contributed by atoms with van der Waals surface area (Å²) in [5, 5.41) is 6.99. The van der Waals surface area contributed by atoms with Crippen LogP contribution in [0.5, 0.6) is 0 Å². The zero-order valence-electron chi connectivity index (χ0n) is 10.7. The topological polar surface area (TPSA) is 98.5 Å². The maximum absolute atomic E-state index is 13.9. The molecule has 1 rings (SSSR count). The number of ether oxygens (including phenoxy) is 1. The van der Waals surface area contributed by atoms with E-state index in [1.54, 1.807) is 6.92 Å². The van der Waals surface area contributed by atoms with E-state index in [1.165, 1.54) is 0 Å². The Morgan fingerprint density at radius 1 is 1.40 bits per heavy atom. The van der Waals surface area contributed by atoms with Gasteiger partial charge in [-0.1, -0.05) is 0 Å². The van der Waals surface area contributed by atoms with Gasteiger partial charge in [0.15, 0.2) is 5.82 Å². The van der Waals surface area contributed by atoms with Crippen LogP contribution in [0.15, 0.2) is 17.0 Å². The molecular formula is C11H14F2N2O4S. The molecule has 0 heterocycles. The van der Waals surface area contributed by atoms with Crippen LogP contribution in [0.2, 0.25) is 0 Å². The minimum absolute atomic E-state index is 0.0329. The number of nitrogens with two attached hydrogens (primary N) is 1. The van der Waals surface area contributed by atoms with E-state index in [0.29, 0.717) is 18.7 Å². The third kappa shape index (κ3) is 3.95. The molecule has 0 aromatic heterocycles. The van der Waals surface area contributed by atoms with Gasteiger partial charge in [0.2, 0.25) is 10.0 Å². The van der Waals surface area contributed by atoms with Crippen molar-refractivity contribution >= 4 is 15.9 Å². The molecule has 0 bridgehead atoms. The number of halogens is 2. The molecule has 1 aromatic rings. The van der Waals surface area contributed by atoms with Crippen molar-refractivity contribution < 1.29 is 26.7 Å². The molecule has 0 unspecified atom stereocenters. The summed E-state index contributed by atoms with van der Waals surface area (Å²) in [4.78, 5) is 10.7. The van der Waals surface area contributed by atoms with E-state index in [0.717, 1.165) is 0 Å². The van der Waals surface area contributed by atoms with Crippen molar-refractivity contribution in [2.24, 2.45) is 5.14 Å². The minimum atomic E-state index is -4.38. The van der Waals surface area contributed by atoms with Crippen molar-refractivity contribution in [2.75, 3.05) is 19.8 Å². The van der Waals surface area contributed by atoms with Crippen LogP contribution < -0.4 is 10.5 Å². The number of rotatable bonds is 6. The summed E-state index contributed by atoms with van der Waals surface area (Å²) in [6.07, 6.45) is 0. The molecule has 9 heteroatoms. The normalized spacial score (nSPS) is 11.4. The summed E-state index contributed by atoms with van der Waals surface area (Å²) < 4.78 is 54.5. The molecule has 0 fully saturated rings. The molecule has 20 heavy (non-hydrogen) atoms. The summed E-state index contributed by atoms with van der Waals surface area (Å²) >= 11 is 0. The van der Waals surface area contributed by atoms with Crippen molar-refractivity contribution in [3.63, 3.8) is 0 Å². The number of amides is 1. The van der Waals surface area contributed by atoms with Crippen molar-refractivity contribution in [3.8, 4) is 0 Å². The predicted octanol–water partition coefficient (Wildman–Crippen LogP) is 0.379. The van der Waals surface area contributed by atoms with Gasteiger partial charge >= 0.3 is 0 Å². The molecule has 0 aliphatic carbocycles. The first kappa shape index (κ1) is 16.5. The van der Waals surface area contributed by atoms with Gasteiger partial charge in [0.25, 0.3) is 5.91 Å². The molecular weight excluding hydrogens is 294 g/mol. The second-order valence-corrected chi connectivity index (χ2v) is 5.26. The van der Waals surface area contributed by atoms with Gasteiger partial charge < -0.3 is 10.1 Å². The highest BCUT2D eigenvalue weighted by atomic mass is 32.2. The first-order valence-corrected chi connectivity index (χ1v) is 7.20. The Balaban J connectivity index is 3.03. The van der Waals surface area contributed by atoms with E-state index in [4.69, 9.17) is 9.88 Å². The van der Waals surface area contributed by atoms with Crippen LogP contribution in [-0.4, -0.2) is 34.1 Å². The second-order valence-electron chi connectivity index (χ2n) is 3.73. The summed E-state index contributed by atoms with van der Waals surface area (Å²) in [5.74, 6) is -3.77. The van der Waals surface area contributed by atoms with Gasteiger partial charge in [-0.15, -0.1) is 0 Å². The van der Waals surface area contributed by atoms with E-state index in [1.807, 2.05) is 0 Å². The molecule has 1 aromatic carbocycles. The Hall–Kier alpha value is -1.58. The number of primary sulfonamides is 1. The highest BCUT2D eigenvalue weighted by Gasteiger charge is 2.24. The molecule has 0 aliphatic heterocycles. The average Bonchev–Trinajstić information content (AvgIpc) is 2.33. The first-order chi connectivity index (χ1) is 9.29. The zero-order chi connectivity index (χ0) is 15.3. The van der Waals surface area contributed by atoms with Gasteiger partial charge in [0.1, 0.15) is 16.3 Å². The van der Waals surface area contributed by atoms with E-state index in [2.05, 4.69) is 5.32 Å². The van der Waals surface area contributed by atoms with Crippen LogP contribution in [0, 0.1) is 11.6 Å². The number of benzene rings is 1. The molecule has 3 N–H and O–H groups in total. The van der Waals surface area contributed by atoms with Gasteiger partial charge in [0.05, 0.1) is 6.61 Å². The molecule has 6 nitrogen and oxygen atoms in total. The largest absolute Gasteiger partial charge is 0.380 e. The fourth-order valence-electron chi connectivity index (χ4n) is 1.43. The van der Waals surface area contributed by atoms with Crippen molar-refractivity contribution in [1.82, 2.24) is 5.32 Å². The van der Waals surface area contributed by atoms with Crippen LogP contribution in [0.25, 0.3) is 0 Å². The molecule has 0 aliphatic rings. The van der Waals surface area contributed by atoms with Crippen molar-refractivity contribution in [1.29, 1.82) is 0 Å². The number of carbonyl (C=O) groups is 1. The minimum Gasteiger partial charge on any atom is -0.380 e. The third-order valence-corrected chi connectivity index (χ3v) is 3.25. The SMILES string of the molecule is CCOCCNC(=O)c1c(F)ccc(S(N)(=O)=O)c1F. The predicted molar refractivity (Wildman–Crippen MR) is 66.6 cm³/mol. The van der Waals surface area contributed by atoms with Crippen LogP contribution in [0.1, 0.15) is 17.3 Å². The lowest BCUT2D eigenvalue weighted by molar-refractivity contribution is 0.0913. The molecule has 0 saturated carbocycles. The number of nitrogens with one attached hydrogen (secondary N) is 1. The van der Waals surface area contributed by atoms with Crippen LogP contribution >= 0.6 is 0 Å². The number of hydrogen-bond donors (Lipinski definition) is 2. The zero-order valence-corrected chi connectivity index (χ0v) is 11.5. The Kier molecular flexibility index (Phi) is 5.54. The van der Waals surface area contributed by atoms with Crippen LogP contribution in [0.4, 0.5) is 8.78 Å². The number of sulfonamides is 1. The van der Waals surface area contributed by atoms with Crippen LogP contribution in [0.3, 0.4) is 0 Å². The summed E-state index contributed by atoms with van der Waals surface area (Å²) in [5.41, 5.74) is -0.993. The van der Waals surface area contributed by atoms with Crippen LogP contribution in [-0.2, 0) is 14.8 Å². The Labute approximate surface area is 115 Å². The Bertz CT molecular complexity index is 605. The van der Waals surface area contributed by atoms with Gasteiger partial charge in [-0.05, 0) is 19.1 Å². The number of carbonyl (C=O) groups excluding carboxylic acids is 1. The summed E-state index contributed by atoms with van der Waals surface area (Å²) in [7, 11) is -4.38.